The summed E-state index contributed by atoms with van der Waals surface area (Å²) >= 11 is 0. The quantitative estimate of drug-likeness (QED) is 0.121. The van der Waals surface area contributed by atoms with Gasteiger partial charge in [-0.1, -0.05) is 19.6 Å². The van der Waals surface area contributed by atoms with Crippen LogP contribution in [0.2, 0.25) is 25.7 Å². The number of pyridine rings is 1. The van der Waals surface area contributed by atoms with E-state index in [1.54, 1.807) is 24.0 Å². The van der Waals surface area contributed by atoms with Crippen LogP contribution in [0.3, 0.4) is 0 Å². The zero-order valence-electron chi connectivity index (χ0n) is 31.1. The van der Waals surface area contributed by atoms with Crippen LogP contribution < -0.4 is 20.9 Å². The molecule has 3 aliphatic rings. The number of aryl methyl sites for hydroxylation is 1. The first-order valence-electron chi connectivity index (χ1n) is 18.3. The number of nitrogen functional groups attached to an aromatic ring is 1. The maximum atomic E-state index is 13.8. The van der Waals surface area contributed by atoms with Crippen molar-refractivity contribution in [1.29, 1.82) is 0 Å². The number of fused-ring (bicyclic) bond motifs is 3. The Morgan fingerprint density at radius 3 is 2.71 bits per heavy atom. The van der Waals surface area contributed by atoms with Crippen molar-refractivity contribution in [1.82, 2.24) is 28.8 Å². The van der Waals surface area contributed by atoms with E-state index in [4.69, 9.17) is 29.7 Å². The molecule has 3 fully saturated rings. The van der Waals surface area contributed by atoms with Gasteiger partial charge in [-0.3, -0.25) is 14.3 Å². The van der Waals surface area contributed by atoms with Crippen molar-refractivity contribution in [2.45, 2.75) is 57.2 Å². The molecule has 1 aromatic carbocycles. The van der Waals surface area contributed by atoms with Crippen LogP contribution in [0.25, 0.3) is 22.2 Å². The number of carbonyl (C=O) groups excluding carboxylic acids is 1. The Hall–Kier alpha value is -4.18. The lowest BCUT2D eigenvalue weighted by Gasteiger charge is -2.42. The first-order valence-corrected chi connectivity index (χ1v) is 22.0. The van der Waals surface area contributed by atoms with Gasteiger partial charge in [0.2, 0.25) is 11.8 Å². The molecule has 4 aromatic rings. The average molecular weight is 733 g/mol. The highest BCUT2D eigenvalue weighted by atomic mass is 28.3. The fraction of sp³-hybridized carbons (Fsp3) is 0.568. The number of hydrogen-bond acceptors (Lipinski definition) is 11. The molecule has 14 nitrogen and oxygen atoms in total. The molecule has 2 atom stereocenters. The number of ether oxygens (including phenoxy) is 4. The van der Waals surface area contributed by atoms with E-state index in [0.717, 1.165) is 75.7 Å². The maximum absolute atomic E-state index is 13.8. The van der Waals surface area contributed by atoms with Gasteiger partial charge in [0.15, 0.2) is 0 Å². The summed E-state index contributed by atoms with van der Waals surface area (Å²) in [4.78, 5) is 36.1. The predicted octanol–water partition coefficient (Wildman–Crippen LogP) is 4.01. The van der Waals surface area contributed by atoms with Gasteiger partial charge in [0, 0.05) is 66.3 Å². The maximum Gasteiger partial charge on any atom is 0.339 e. The number of piperidine rings is 1. The van der Waals surface area contributed by atoms with Crippen molar-refractivity contribution in [3.05, 3.63) is 52.6 Å². The number of methoxy groups -OCH3 is 1. The highest BCUT2D eigenvalue weighted by Crippen LogP contribution is 2.47. The molecule has 2 bridgehead atoms. The number of esters is 1. The molecular weight excluding hydrogens is 681 g/mol. The zero-order chi connectivity index (χ0) is 36.6. The van der Waals surface area contributed by atoms with E-state index >= 15 is 0 Å². The Bertz CT molecular complexity index is 1980. The summed E-state index contributed by atoms with van der Waals surface area (Å²) in [6.45, 7) is 13.5. The van der Waals surface area contributed by atoms with Gasteiger partial charge < -0.3 is 34.1 Å². The third-order valence-electron chi connectivity index (χ3n) is 10.8. The molecular formula is C37H52N8O6Si. The van der Waals surface area contributed by atoms with Crippen molar-refractivity contribution >= 4 is 36.7 Å². The standard InChI is InChI=1S/C37H52N8O6Si/c1-41-34(30(21-39-41)29-18-27(35(47)48-2)23-44(33(29)46)25-50-16-17-52(3,4)5)51-15-10-42-22-26-8-9-37(20-26,24-42)45-32-19-28(43-11-13-49-14-12-43)6-7-31(32)40-36(45)38/h6-7,18-19,21,23,26H,8-17,20,22,24-25H2,1-5H3,(H2,38,40). The van der Waals surface area contributed by atoms with Crippen LogP contribution >= 0.6 is 0 Å². The minimum atomic E-state index is -1.31. The van der Waals surface area contributed by atoms with E-state index < -0.39 is 14.0 Å². The molecule has 0 spiro atoms. The number of aromatic nitrogens is 5. The van der Waals surface area contributed by atoms with E-state index in [9.17, 15) is 9.59 Å². The highest BCUT2D eigenvalue weighted by molar-refractivity contribution is 6.76. The lowest BCUT2D eigenvalue weighted by atomic mass is 9.90. The first-order chi connectivity index (χ1) is 24.9. The second-order valence-corrected chi connectivity index (χ2v) is 21.4. The van der Waals surface area contributed by atoms with E-state index in [1.807, 2.05) is 0 Å². The normalized spacial score (nSPS) is 20.9. The Balaban J connectivity index is 1.08. The van der Waals surface area contributed by atoms with Crippen LogP contribution in [0.5, 0.6) is 5.88 Å². The SMILES string of the molecule is COC(=O)c1cc(-c2cnn(C)c2OCCN2CC3CCC(n4c(N)nc5ccc(N6CCOCC6)cc54)(C3)C2)c(=O)n(COCC[Si](C)(C)C)c1. The fourth-order valence-electron chi connectivity index (χ4n) is 8.15. The molecule has 2 unspecified atom stereocenters. The minimum Gasteiger partial charge on any atom is -0.476 e. The summed E-state index contributed by atoms with van der Waals surface area (Å²) < 4.78 is 28.3. The Kier molecular flexibility index (Phi) is 10.2. The Morgan fingerprint density at radius 1 is 1.13 bits per heavy atom. The monoisotopic (exact) mass is 732 g/mol. The summed E-state index contributed by atoms with van der Waals surface area (Å²) in [5.74, 6) is 1.03. The van der Waals surface area contributed by atoms with Crippen molar-refractivity contribution in [2.75, 3.05) is 76.9 Å². The molecule has 2 saturated heterocycles. The van der Waals surface area contributed by atoms with Gasteiger partial charge in [-0.2, -0.15) is 5.10 Å². The molecule has 5 heterocycles. The number of benzene rings is 1. The van der Waals surface area contributed by atoms with Crippen molar-refractivity contribution < 1.29 is 23.7 Å². The Morgan fingerprint density at radius 2 is 1.94 bits per heavy atom. The third kappa shape index (κ3) is 7.36. The summed E-state index contributed by atoms with van der Waals surface area (Å²) in [5.41, 5.74) is 10.5. The number of nitrogens with zero attached hydrogens (tertiary/aromatic N) is 7. The third-order valence-corrected chi connectivity index (χ3v) is 12.5. The summed E-state index contributed by atoms with van der Waals surface area (Å²) in [5, 5.41) is 4.44. The smallest absolute Gasteiger partial charge is 0.339 e. The molecule has 52 heavy (non-hydrogen) atoms. The van der Waals surface area contributed by atoms with Crippen LogP contribution in [-0.2, 0) is 33.5 Å². The lowest BCUT2D eigenvalue weighted by Crippen LogP contribution is -2.49. The van der Waals surface area contributed by atoms with Gasteiger partial charge in [0.1, 0.15) is 13.3 Å². The summed E-state index contributed by atoms with van der Waals surface area (Å²) in [6.07, 6.45) is 6.35. The number of hydrogen-bond donors (Lipinski definition) is 1. The number of morpholine rings is 1. The number of rotatable bonds is 13. The highest BCUT2D eigenvalue weighted by Gasteiger charge is 2.47. The topological polar surface area (TPSA) is 144 Å². The molecule has 0 radical (unpaired) electrons. The summed E-state index contributed by atoms with van der Waals surface area (Å²) in [7, 11) is 1.80. The van der Waals surface area contributed by atoms with Crippen molar-refractivity contribution in [2.24, 2.45) is 13.0 Å². The number of likely N-dealkylation sites (tertiary alicyclic amines) is 1. The molecule has 15 heteroatoms. The fourth-order valence-corrected chi connectivity index (χ4v) is 8.91. The van der Waals surface area contributed by atoms with Gasteiger partial charge in [-0.15, -0.1) is 0 Å². The molecule has 3 aromatic heterocycles. The van der Waals surface area contributed by atoms with Crippen LogP contribution in [0.15, 0.2) is 41.5 Å². The molecule has 1 aliphatic carbocycles. The van der Waals surface area contributed by atoms with Crippen molar-refractivity contribution in [3.8, 4) is 17.0 Å². The van der Waals surface area contributed by atoms with Gasteiger partial charge in [-0.05, 0) is 55.5 Å². The average Bonchev–Trinajstić information content (AvgIpc) is 3.77. The van der Waals surface area contributed by atoms with Crippen LogP contribution in [-0.4, -0.2) is 109 Å². The minimum absolute atomic E-state index is 0.0285. The van der Waals surface area contributed by atoms with Gasteiger partial charge in [0.25, 0.3) is 5.56 Å². The molecule has 7 rings (SSSR count). The van der Waals surface area contributed by atoms with E-state index in [2.05, 4.69) is 57.3 Å². The molecule has 0 amide bonds. The van der Waals surface area contributed by atoms with Gasteiger partial charge in [0.05, 0.1) is 59.8 Å². The summed E-state index contributed by atoms with van der Waals surface area (Å²) in [6, 6.07) is 8.99. The molecule has 2 N–H and O–H groups in total. The Labute approximate surface area is 305 Å². The van der Waals surface area contributed by atoms with E-state index in [-0.39, 0.29) is 23.4 Å². The number of carbonyl (C=O) groups is 1. The van der Waals surface area contributed by atoms with Crippen LogP contribution in [0.1, 0.15) is 29.6 Å². The first kappa shape index (κ1) is 36.2. The zero-order valence-corrected chi connectivity index (χ0v) is 32.1. The van der Waals surface area contributed by atoms with Crippen LogP contribution in [0, 0.1) is 5.92 Å². The van der Waals surface area contributed by atoms with E-state index in [0.29, 0.717) is 48.6 Å². The molecule has 280 valence electrons. The molecule has 1 saturated carbocycles. The van der Waals surface area contributed by atoms with Gasteiger partial charge >= 0.3 is 5.97 Å². The number of nitrogens with two attached hydrogens (primary N) is 1. The number of imidazole rings is 1. The second kappa shape index (κ2) is 14.7. The van der Waals surface area contributed by atoms with Gasteiger partial charge in [-0.25, -0.2) is 14.5 Å². The van der Waals surface area contributed by atoms with Crippen molar-refractivity contribution in [3.63, 3.8) is 0 Å². The largest absolute Gasteiger partial charge is 0.476 e. The van der Waals surface area contributed by atoms with Crippen LogP contribution in [0.4, 0.5) is 11.6 Å². The predicted molar refractivity (Wildman–Crippen MR) is 203 cm³/mol. The lowest BCUT2D eigenvalue weighted by molar-refractivity contribution is 0.0595. The van der Waals surface area contributed by atoms with E-state index in [1.165, 1.54) is 23.6 Å². The molecule has 2 aliphatic heterocycles. The second-order valence-electron chi connectivity index (χ2n) is 15.7. The number of anilines is 2.